The summed E-state index contributed by atoms with van der Waals surface area (Å²) in [6.45, 7) is 11.6. The van der Waals surface area contributed by atoms with Gasteiger partial charge < -0.3 is 10.1 Å². The lowest BCUT2D eigenvalue weighted by Gasteiger charge is -2.11. The summed E-state index contributed by atoms with van der Waals surface area (Å²) in [6.07, 6.45) is 0. The van der Waals surface area contributed by atoms with E-state index in [1.807, 2.05) is 6.92 Å². The highest BCUT2D eigenvalue weighted by Gasteiger charge is 2.64. The second-order valence-electron chi connectivity index (χ2n) is 5.71. The van der Waals surface area contributed by atoms with Gasteiger partial charge in [0, 0.05) is 12.6 Å². The molecule has 3 heteroatoms. The molecule has 1 N–H and O–H groups in total. The lowest BCUT2D eigenvalue weighted by Crippen LogP contribution is -2.31. The van der Waals surface area contributed by atoms with Crippen molar-refractivity contribution in [2.45, 2.75) is 40.7 Å². The summed E-state index contributed by atoms with van der Waals surface area (Å²) in [4.78, 5) is 11.2. The fourth-order valence-corrected chi connectivity index (χ4v) is 2.29. The van der Waals surface area contributed by atoms with Gasteiger partial charge in [-0.3, -0.25) is 4.79 Å². The van der Waals surface area contributed by atoms with E-state index in [-0.39, 0.29) is 11.9 Å². The molecule has 1 atom stereocenters. The van der Waals surface area contributed by atoms with E-state index in [9.17, 15) is 4.79 Å². The third-order valence-electron chi connectivity index (χ3n) is 4.25. The monoisotopic (exact) mass is 213 g/mol. The smallest absolute Gasteiger partial charge is 0.309 e. The molecule has 0 spiro atoms. The molecule has 0 aromatic rings. The highest BCUT2D eigenvalue weighted by atomic mass is 16.5. The quantitative estimate of drug-likeness (QED) is 0.724. The third kappa shape index (κ3) is 2.03. The minimum atomic E-state index is -0.140. The Labute approximate surface area is 92.6 Å². The van der Waals surface area contributed by atoms with Gasteiger partial charge in [-0.05, 0) is 10.8 Å². The summed E-state index contributed by atoms with van der Waals surface area (Å²) < 4.78 is 4.69. The largest absolute Gasteiger partial charge is 0.469 e. The first-order valence-corrected chi connectivity index (χ1v) is 5.56. The van der Waals surface area contributed by atoms with E-state index in [0.29, 0.717) is 23.4 Å². The number of ether oxygens (including phenoxy) is 1. The molecule has 0 aromatic carbocycles. The van der Waals surface area contributed by atoms with Crippen LogP contribution in [-0.4, -0.2) is 25.7 Å². The van der Waals surface area contributed by atoms with Crippen molar-refractivity contribution < 1.29 is 9.53 Å². The number of carbonyl (C=O) groups excluding carboxylic acids is 1. The number of rotatable bonds is 4. The minimum Gasteiger partial charge on any atom is -0.469 e. The highest BCUT2D eigenvalue weighted by molar-refractivity contribution is 5.72. The third-order valence-corrected chi connectivity index (χ3v) is 4.25. The predicted octanol–water partition coefficient (Wildman–Crippen LogP) is 1.82. The lowest BCUT2D eigenvalue weighted by molar-refractivity contribution is -0.144. The molecular formula is C12H23NO2. The Morgan fingerprint density at radius 1 is 1.33 bits per heavy atom. The van der Waals surface area contributed by atoms with Gasteiger partial charge in [0.05, 0.1) is 13.0 Å². The Bertz CT molecular complexity index is 244. The molecule has 1 aliphatic rings. The van der Waals surface area contributed by atoms with Crippen LogP contribution in [0.1, 0.15) is 34.6 Å². The number of methoxy groups -OCH3 is 1. The van der Waals surface area contributed by atoms with Gasteiger partial charge in [0.15, 0.2) is 0 Å². The number of esters is 1. The van der Waals surface area contributed by atoms with Crippen LogP contribution in [0, 0.1) is 16.7 Å². The van der Waals surface area contributed by atoms with Gasteiger partial charge in [-0.25, -0.2) is 0 Å². The molecule has 1 unspecified atom stereocenters. The molecule has 3 nitrogen and oxygen atoms in total. The first-order valence-electron chi connectivity index (χ1n) is 5.56. The second kappa shape index (κ2) is 3.78. The highest BCUT2D eigenvalue weighted by Crippen LogP contribution is 2.62. The standard InChI is InChI=1S/C12H23NO2/c1-8(9(14)15-6)7-13-10-11(2,3)12(10,4)5/h8,10,13H,7H2,1-6H3. The van der Waals surface area contributed by atoms with Gasteiger partial charge in [-0.1, -0.05) is 34.6 Å². The molecule has 1 fully saturated rings. The van der Waals surface area contributed by atoms with Crippen molar-refractivity contribution in [1.29, 1.82) is 0 Å². The Balaban J connectivity index is 2.38. The topological polar surface area (TPSA) is 38.3 Å². The summed E-state index contributed by atoms with van der Waals surface area (Å²) in [5.41, 5.74) is 0.645. The van der Waals surface area contributed by atoms with E-state index in [0.717, 1.165) is 0 Å². The van der Waals surface area contributed by atoms with Gasteiger partial charge in [-0.2, -0.15) is 0 Å². The zero-order chi connectivity index (χ0) is 11.9. The van der Waals surface area contributed by atoms with Crippen molar-refractivity contribution in [3.63, 3.8) is 0 Å². The van der Waals surface area contributed by atoms with Crippen molar-refractivity contribution >= 4 is 5.97 Å². The summed E-state index contributed by atoms with van der Waals surface area (Å²) in [6, 6.07) is 0.497. The van der Waals surface area contributed by atoms with Crippen LogP contribution in [0.25, 0.3) is 0 Å². The second-order valence-corrected chi connectivity index (χ2v) is 5.71. The van der Waals surface area contributed by atoms with Gasteiger partial charge in [0.1, 0.15) is 0 Å². The van der Waals surface area contributed by atoms with E-state index in [4.69, 9.17) is 0 Å². The van der Waals surface area contributed by atoms with Gasteiger partial charge >= 0.3 is 5.97 Å². The molecule has 0 amide bonds. The normalized spacial score (nSPS) is 24.7. The van der Waals surface area contributed by atoms with Gasteiger partial charge in [-0.15, -0.1) is 0 Å². The molecule has 1 rings (SSSR count). The maximum absolute atomic E-state index is 11.2. The SMILES string of the molecule is COC(=O)C(C)CNC1C(C)(C)C1(C)C. The number of hydrogen-bond acceptors (Lipinski definition) is 3. The van der Waals surface area contributed by atoms with Gasteiger partial charge in [0.2, 0.25) is 0 Å². The summed E-state index contributed by atoms with van der Waals surface area (Å²) in [5, 5.41) is 3.45. The Morgan fingerprint density at radius 3 is 2.13 bits per heavy atom. The predicted molar refractivity (Wildman–Crippen MR) is 60.5 cm³/mol. The molecule has 0 heterocycles. The van der Waals surface area contributed by atoms with Crippen molar-refractivity contribution in [3.05, 3.63) is 0 Å². The van der Waals surface area contributed by atoms with Crippen LogP contribution in [0.4, 0.5) is 0 Å². The average Bonchev–Trinajstić information content (AvgIpc) is 2.53. The number of nitrogens with one attached hydrogen (secondary N) is 1. The van der Waals surface area contributed by atoms with Crippen LogP contribution in [0.15, 0.2) is 0 Å². The molecule has 0 aromatic heterocycles. The van der Waals surface area contributed by atoms with Crippen molar-refractivity contribution in [2.24, 2.45) is 16.7 Å². The molecule has 1 aliphatic carbocycles. The van der Waals surface area contributed by atoms with Gasteiger partial charge in [0.25, 0.3) is 0 Å². The van der Waals surface area contributed by atoms with Crippen LogP contribution in [0.3, 0.4) is 0 Å². The van der Waals surface area contributed by atoms with Crippen LogP contribution >= 0.6 is 0 Å². The molecule has 1 saturated carbocycles. The fraction of sp³-hybridized carbons (Fsp3) is 0.917. The number of carbonyl (C=O) groups is 1. The van der Waals surface area contributed by atoms with E-state index < -0.39 is 0 Å². The molecule has 0 aliphatic heterocycles. The lowest BCUT2D eigenvalue weighted by atomic mass is 10.0. The number of hydrogen-bond donors (Lipinski definition) is 1. The van der Waals surface area contributed by atoms with Crippen LogP contribution in [0.5, 0.6) is 0 Å². The Morgan fingerprint density at radius 2 is 1.80 bits per heavy atom. The molecule has 15 heavy (non-hydrogen) atoms. The Hall–Kier alpha value is -0.570. The maximum atomic E-state index is 11.2. The molecule has 0 saturated heterocycles. The van der Waals surface area contributed by atoms with E-state index in [2.05, 4.69) is 37.7 Å². The maximum Gasteiger partial charge on any atom is 0.309 e. The van der Waals surface area contributed by atoms with Crippen LogP contribution in [0.2, 0.25) is 0 Å². The van der Waals surface area contributed by atoms with Crippen LogP contribution < -0.4 is 5.32 Å². The first kappa shape index (κ1) is 12.5. The molecular weight excluding hydrogens is 190 g/mol. The van der Waals surface area contributed by atoms with E-state index >= 15 is 0 Å². The van der Waals surface area contributed by atoms with E-state index in [1.165, 1.54) is 7.11 Å². The van der Waals surface area contributed by atoms with Crippen LogP contribution in [-0.2, 0) is 9.53 Å². The summed E-state index contributed by atoms with van der Waals surface area (Å²) in [7, 11) is 1.43. The zero-order valence-corrected chi connectivity index (χ0v) is 10.7. The van der Waals surface area contributed by atoms with Crippen molar-refractivity contribution in [3.8, 4) is 0 Å². The van der Waals surface area contributed by atoms with Crippen molar-refractivity contribution in [2.75, 3.05) is 13.7 Å². The molecule has 0 bridgehead atoms. The first-order chi connectivity index (χ1) is 6.75. The summed E-state index contributed by atoms with van der Waals surface area (Å²) >= 11 is 0. The fourth-order valence-electron chi connectivity index (χ4n) is 2.29. The minimum absolute atomic E-state index is 0.0674. The Kier molecular flexibility index (Phi) is 3.15. The molecule has 0 radical (unpaired) electrons. The van der Waals surface area contributed by atoms with E-state index in [1.54, 1.807) is 0 Å². The average molecular weight is 213 g/mol. The summed E-state index contributed by atoms with van der Waals surface area (Å²) in [5.74, 6) is -0.207. The van der Waals surface area contributed by atoms with Crippen molar-refractivity contribution in [1.82, 2.24) is 5.32 Å². The zero-order valence-electron chi connectivity index (χ0n) is 10.7. The molecule has 88 valence electrons.